The zero-order valence-electron chi connectivity index (χ0n) is 13.7. The Balaban J connectivity index is 2.43. The molecule has 1 aromatic carbocycles. The second kappa shape index (κ2) is 10.4. The smallest absolute Gasteiger partial charge is 0.331 e. The fourth-order valence-electron chi connectivity index (χ4n) is 1.69. The first-order valence-corrected chi connectivity index (χ1v) is 7.45. The Bertz CT molecular complexity index is 524. The van der Waals surface area contributed by atoms with Crippen LogP contribution in [0.5, 0.6) is 5.75 Å². The third-order valence-corrected chi connectivity index (χ3v) is 2.87. The highest BCUT2D eigenvalue weighted by atomic mass is 16.5. The van der Waals surface area contributed by atoms with Crippen molar-refractivity contribution in [3.8, 4) is 5.75 Å². The number of hydrogen-bond acceptors (Lipinski definition) is 5. The minimum absolute atomic E-state index is 0.357. The van der Waals surface area contributed by atoms with E-state index in [9.17, 15) is 9.59 Å². The summed E-state index contributed by atoms with van der Waals surface area (Å²) in [6.07, 6.45) is 2.05. The van der Waals surface area contributed by atoms with Crippen LogP contribution in [0, 0.1) is 0 Å². The first-order chi connectivity index (χ1) is 11.1. The lowest BCUT2D eigenvalue weighted by Gasteiger charge is -2.11. The Labute approximate surface area is 136 Å². The van der Waals surface area contributed by atoms with Crippen LogP contribution >= 0.6 is 0 Å². The molecule has 0 saturated heterocycles. The van der Waals surface area contributed by atoms with E-state index in [0.29, 0.717) is 19.8 Å². The van der Waals surface area contributed by atoms with Crippen LogP contribution in [-0.2, 0) is 19.1 Å². The SMILES string of the molecule is CCOc1ccc(/C=C/C(=O)O[C@@H](C)C(=O)NCCOC)cc1. The van der Waals surface area contributed by atoms with Gasteiger partial charge in [0, 0.05) is 19.7 Å². The van der Waals surface area contributed by atoms with Gasteiger partial charge in [0.05, 0.1) is 13.2 Å². The molecule has 0 fully saturated rings. The minimum atomic E-state index is -0.857. The summed E-state index contributed by atoms with van der Waals surface area (Å²) in [5.74, 6) is -0.160. The molecule has 1 amide bonds. The van der Waals surface area contributed by atoms with Gasteiger partial charge in [-0.1, -0.05) is 12.1 Å². The molecule has 1 atom stereocenters. The van der Waals surface area contributed by atoms with Gasteiger partial charge >= 0.3 is 5.97 Å². The quantitative estimate of drug-likeness (QED) is 0.426. The van der Waals surface area contributed by atoms with E-state index >= 15 is 0 Å². The zero-order chi connectivity index (χ0) is 17.1. The van der Waals surface area contributed by atoms with Gasteiger partial charge in [-0.15, -0.1) is 0 Å². The normalized spacial score (nSPS) is 12.0. The standard InChI is InChI=1S/C17H23NO5/c1-4-22-15-8-5-14(6-9-15)7-10-16(19)23-13(2)17(20)18-11-12-21-3/h5-10,13H,4,11-12H2,1-3H3,(H,18,20)/b10-7+/t13-/m0/s1. The molecule has 0 aliphatic rings. The number of esters is 1. The van der Waals surface area contributed by atoms with Crippen molar-refractivity contribution in [2.24, 2.45) is 0 Å². The fraction of sp³-hybridized carbons (Fsp3) is 0.412. The van der Waals surface area contributed by atoms with Crippen LogP contribution in [0.4, 0.5) is 0 Å². The number of benzene rings is 1. The van der Waals surface area contributed by atoms with Crippen LogP contribution in [-0.4, -0.2) is 44.8 Å². The number of amides is 1. The number of rotatable bonds is 9. The molecule has 6 heteroatoms. The van der Waals surface area contributed by atoms with Gasteiger partial charge in [-0.05, 0) is 37.6 Å². The minimum Gasteiger partial charge on any atom is -0.494 e. The van der Waals surface area contributed by atoms with E-state index < -0.39 is 12.1 Å². The zero-order valence-corrected chi connectivity index (χ0v) is 13.7. The average Bonchev–Trinajstić information content (AvgIpc) is 2.54. The van der Waals surface area contributed by atoms with Crippen LogP contribution in [0.25, 0.3) is 6.08 Å². The molecular formula is C17H23NO5. The van der Waals surface area contributed by atoms with Gasteiger partial charge in [-0.2, -0.15) is 0 Å². The Morgan fingerprint density at radius 1 is 1.26 bits per heavy atom. The molecule has 0 aliphatic heterocycles. The highest BCUT2D eigenvalue weighted by molar-refractivity contribution is 5.90. The van der Waals surface area contributed by atoms with Gasteiger partial charge in [-0.3, -0.25) is 4.79 Å². The summed E-state index contributed by atoms with van der Waals surface area (Å²) in [6.45, 7) is 4.82. The summed E-state index contributed by atoms with van der Waals surface area (Å²) in [5, 5.41) is 2.60. The van der Waals surface area contributed by atoms with Crippen molar-refractivity contribution in [2.45, 2.75) is 20.0 Å². The summed E-state index contributed by atoms with van der Waals surface area (Å²) < 4.78 is 15.2. The molecule has 1 N–H and O–H groups in total. The highest BCUT2D eigenvalue weighted by Crippen LogP contribution is 2.13. The molecule has 0 saturated carbocycles. The lowest BCUT2D eigenvalue weighted by molar-refractivity contribution is -0.150. The first kappa shape index (κ1) is 18.7. The highest BCUT2D eigenvalue weighted by Gasteiger charge is 2.15. The largest absolute Gasteiger partial charge is 0.494 e. The topological polar surface area (TPSA) is 73.9 Å². The summed E-state index contributed by atoms with van der Waals surface area (Å²) in [5.41, 5.74) is 0.836. The molecule has 1 aromatic rings. The summed E-state index contributed by atoms with van der Waals surface area (Å²) in [7, 11) is 1.54. The van der Waals surface area contributed by atoms with Gasteiger partial charge in [0.15, 0.2) is 6.10 Å². The van der Waals surface area contributed by atoms with E-state index in [0.717, 1.165) is 11.3 Å². The first-order valence-electron chi connectivity index (χ1n) is 7.45. The second-order valence-corrected chi connectivity index (χ2v) is 4.70. The second-order valence-electron chi connectivity index (χ2n) is 4.70. The van der Waals surface area contributed by atoms with Crippen molar-refractivity contribution in [3.63, 3.8) is 0 Å². The number of carbonyl (C=O) groups excluding carboxylic acids is 2. The third-order valence-electron chi connectivity index (χ3n) is 2.87. The number of carbonyl (C=O) groups is 2. The molecule has 0 spiro atoms. The maximum Gasteiger partial charge on any atom is 0.331 e. The van der Waals surface area contributed by atoms with Crippen LogP contribution in [0.1, 0.15) is 19.4 Å². The van der Waals surface area contributed by atoms with E-state index in [1.165, 1.54) is 13.0 Å². The predicted octanol–water partition coefficient (Wildman–Crippen LogP) is 1.79. The summed E-state index contributed by atoms with van der Waals surface area (Å²) in [4.78, 5) is 23.3. The van der Waals surface area contributed by atoms with E-state index in [1.54, 1.807) is 13.2 Å². The molecule has 0 aliphatic carbocycles. The van der Waals surface area contributed by atoms with Gasteiger partial charge in [0.2, 0.25) is 0 Å². The molecule has 0 heterocycles. The van der Waals surface area contributed by atoms with E-state index in [4.69, 9.17) is 14.2 Å². The van der Waals surface area contributed by atoms with Gasteiger partial charge < -0.3 is 19.5 Å². The predicted molar refractivity (Wildman–Crippen MR) is 87.1 cm³/mol. The monoisotopic (exact) mass is 321 g/mol. The summed E-state index contributed by atoms with van der Waals surface area (Å²) >= 11 is 0. The number of ether oxygens (including phenoxy) is 3. The maximum absolute atomic E-state index is 11.7. The van der Waals surface area contributed by atoms with Crippen LogP contribution < -0.4 is 10.1 Å². The molecular weight excluding hydrogens is 298 g/mol. The summed E-state index contributed by atoms with van der Waals surface area (Å²) in [6, 6.07) is 7.30. The van der Waals surface area contributed by atoms with Crippen molar-refractivity contribution < 1.29 is 23.8 Å². The molecule has 23 heavy (non-hydrogen) atoms. The molecule has 0 aromatic heterocycles. The third kappa shape index (κ3) is 7.46. The molecule has 1 rings (SSSR count). The van der Waals surface area contributed by atoms with Crippen molar-refractivity contribution in [1.82, 2.24) is 5.32 Å². The Morgan fingerprint density at radius 3 is 2.57 bits per heavy atom. The van der Waals surface area contributed by atoms with E-state index in [-0.39, 0.29) is 5.91 Å². The number of methoxy groups -OCH3 is 1. The Kier molecular flexibility index (Phi) is 8.46. The van der Waals surface area contributed by atoms with Crippen molar-refractivity contribution >= 4 is 18.0 Å². The molecule has 0 bridgehead atoms. The van der Waals surface area contributed by atoms with Crippen LogP contribution in [0.2, 0.25) is 0 Å². The average molecular weight is 321 g/mol. The number of nitrogens with one attached hydrogen (secondary N) is 1. The van der Waals surface area contributed by atoms with Crippen molar-refractivity contribution in [2.75, 3.05) is 26.9 Å². The fourth-order valence-corrected chi connectivity index (χ4v) is 1.69. The van der Waals surface area contributed by atoms with Crippen LogP contribution in [0.15, 0.2) is 30.3 Å². The Hall–Kier alpha value is -2.34. The Morgan fingerprint density at radius 2 is 1.96 bits per heavy atom. The molecule has 0 radical (unpaired) electrons. The van der Waals surface area contributed by atoms with Crippen LogP contribution in [0.3, 0.4) is 0 Å². The molecule has 0 unspecified atom stereocenters. The van der Waals surface area contributed by atoms with Crippen molar-refractivity contribution in [1.29, 1.82) is 0 Å². The van der Waals surface area contributed by atoms with Gasteiger partial charge in [0.25, 0.3) is 5.91 Å². The van der Waals surface area contributed by atoms with Crippen molar-refractivity contribution in [3.05, 3.63) is 35.9 Å². The maximum atomic E-state index is 11.7. The van der Waals surface area contributed by atoms with E-state index in [1.807, 2.05) is 31.2 Å². The molecule has 126 valence electrons. The number of hydrogen-bond donors (Lipinski definition) is 1. The lowest BCUT2D eigenvalue weighted by Crippen LogP contribution is -2.37. The van der Waals surface area contributed by atoms with Gasteiger partial charge in [-0.25, -0.2) is 4.79 Å². The lowest BCUT2D eigenvalue weighted by atomic mass is 10.2. The molecule has 6 nitrogen and oxygen atoms in total. The van der Waals surface area contributed by atoms with Gasteiger partial charge in [0.1, 0.15) is 5.75 Å². The van der Waals surface area contributed by atoms with E-state index in [2.05, 4.69) is 5.32 Å².